The molecule has 1 spiro atoms. The lowest BCUT2D eigenvalue weighted by atomic mass is 9.84. The maximum Gasteiger partial charge on any atom is 0.0302 e. The Bertz CT molecular complexity index is 328. The van der Waals surface area contributed by atoms with Gasteiger partial charge < -0.3 is 5.32 Å². The lowest BCUT2D eigenvalue weighted by Crippen LogP contribution is -2.20. The third-order valence-electron chi connectivity index (χ3n) is 4.19. The van der Waals surface area contributed by atoms with Crippen LogP contribution in [0.3, 0.4) is 0 Å². The van der Waals surface area contributed by atoms with Gasteiger partial charge in [0.1, 0.15) is 0 Å². The number of pyridine rings is 1. The van der Waals surface area contributed by atoms with Crippen molar-refractivity contribution in [2.24, 2.45) is 5.41 Å². The fraction of sp³-hybridized carbons (Fsp3) is 0.615. The number of hydrogen-bond acceptors (Lipinski definition) is 2. The predicted octanol–water partition coefficient (Wildman–Crippen LogP) is 2.33. The van der Waals surface area contributed by atoms with Gasteiger partial charge in [-0.25, -0.2) is 0 Å². The van der Waals surface area contributed by atoms with Gasteiger partial charge in [-0.2, -0.15) is 0 Å². The summed E-state index contributed by atoms with van der Waals surface area (Å²) in [4.78, 5) is 4.23. The van der Waals surface area contributed by atoms with E-state index in [0.717, 1.165) is 5.92 Å². The zero-order chi connectivity index (χ0) is 10.1. The molecule has 2 atom stereocenters. The molecule has 2 fully saturated rings. The first-order valence-corrected chi connectivity index (χ1v) is 5.99. The van der Waals surface area contributed by atoms with Gasteiger partial charge >= 0.3 is 0 Å². The Balaban J connectivity index is 1.76. The van der Waals surface area contributed by atoms with E-state index in [4.69, 9.17) is 0 Å². The molecule has 1 aliphatic carbocycles. The number of aromatic nitrogens is 1. The quantitative estimate of drug-likeness (QED) is 0.756. The summed E-state index contributed by atoms with van der Waals surface area (Å²) in [5.41, 5.74) is 2.07. The first-order chi connectivity index (χ1) is 7.38. The van der Waals surface area contributed by atoms with Gasteiger partial charge in [0.25, 0.3) is 0 Å². The minimum absolute atomic E-state index is 0.626. The Labute approximate surface area is 91.1 Å². The Morgan fingerprint density at radius 1 is 1.40 bits per heavy atom. The van der Waals surface area contributed by atoms with Crippen LogP contribution in [0.25, 0.3) is 0 Å². The molecule has 3 rings (SSSR count). The van der Waals surface area contributed by atoms with Crippen molar-refractivity contribution in [1.82, 2.24) is 10.3 Å². The summed E-state index contributed by atoms with van der Waals surface area (Å²) >= 11 is 0. The van der Waals surface area contributed by atoms with Crippen LogP contribution in [0, 0.1) is 5.41 Å². The molecular weight excluding hydrogens is 184 g/mol. The third kappa shape index (κ3) is 1.67. The molecule has 15 heavy (non-hydrogen) atoms. The number of nitrogens with zero attached hydrogens (tertiary/aromatic N) is 1. The van der Waals surface area contributed by atoms with Crippen molar-refractivity contribution in [3.63, 3.8) is 0 Å². The molecule has 0 bridgehead atoms. The molecule has 2 aliphatic rings. The van der Waals surface area contributed by atoms with Crippen LogP contribution in [0.2, 0.25) is 0 Å². The number of nitrogens with one attached hydrogen (secondary N) is 1. The van der Waals surface area contributed by atoms with Crippen LogP contribution in [0.5, 0.6) is 0 Å². The summed E-state index contributed by atoms with van der Waals surface area (Å²) in [6.45, 7) is 2.46. The van der Waals surface area contributed by atoms with E-state index >= 15 is 0 Å². The second kappa shape index (κ2) is 3.60. The molecule has 1 N–H and O–H groups in total. The molecule has 0 amide bonds. The van der Waals surface area contributed by atoms with Crippen LogP contribution >= 0.6 is 0 Å². The fourth-order valence-corrected chi connectivity index (χ4v) is 3.29. The van der Waals surface area contributed by atoms with Gasteiger partial charge in [0.2, 0.25) is 0 Å². The van der Waals surface area contributed by atoms with Gasteiger partial charge in [-0.15, -0.1) is 0 Å². The molecule has 0 radical (unpaired) electrons. The van der Waals surface area contributed by atoms with Gasteiger partial charge in [0.05, 0.1) is 0 Å². The van der Waals surface area contributed by atoms with Gasteiger partial charge in [-0.3, -0.25) is 4.98 Å². The SMILES string of the molecule is c1cncc(C2CCC3(CCNC3)C2)c1. The van der Waals surface area contributed by atoms with E-state index < -0.39 is 0 Å². The van der Waals surface area contributed by atoms with Crippen molar-refractivity contribution >= 4 is 0 Å². The highest BCUT2D eigenvalue weighted by molar-refractivity contribution is 5.18. The van der Waals surface area contributed by atoms with E-state index in [9.17, 15) is 0 Å². The van der Waals surface area contributed by atoms with Gasteiger partial charge in [-0.1, -0.05) is 6.07 Å². The summed E-state index contributed by atoms with van der Waals surface area (Å²) in [6.07, 6.45) is 9.42. The van der Waals surface area contributed by atoms with E-state index in [1.54, 1.807) is 0 Å². The van der Waals surface area contributed by atoms with Gasteiger partial charge in [0, 0.05) is 18.9 Å². The summed E-state index contributed by atoms with van der Waals surface area (Å²) in [5, 5.41) is 3.51. The maximum atomic E-state index is 4.23. The van der Waals surface area contributed by atoms with E-state index in [0.29, 0.717) is 5.41 Å². The van der Waals surface area contributed by atoms with Crippen molar-refractivity contribution < 1.29 is 0 Å². The first kappa shape index (κ1) is 9.34. The standard InChI is InChI=1S/C13H18N2/c1-2-12(9-14-6-1)11-3-4-13(8-11)5-7-15-10-13/h1-2,6,9,11,15H,3-5,7-8,10H2. The van der Waals surface area contributed by atoms with Crippen LogP contribution in [-0.4, -0.2) is 18.1 Å². The minimum Gasteiger partial charge on any atom is -0.316 e. The monoisotopic (exact) mass is 202 g/mol. The van der Waals surface area contributed by atoms with Crippen LogP contribution in [0.1, 0.15) is 37.2 Å². The average Bonchev–Trinajstić information content (AvgIpc) is 2.91. The van der Waals surface area contributed by atoms with Crippen molar-refractivity contribution in [2.45, 2.75) is 31.6 Å². The molecule has 1 aliphatic heterocycles. The Morgan fingerprint density at radius 2 is 2.40 bits per heavy atom. The summed E-state index contributed by atoms with van der Waals surface area (Å²) < 4.78 is 0. The van der Waals surface area contributed by atoms with E-state index in [-0.39, 0.29) is 0 Å². The Morgan fingerprint density at radius 3 is 3.13 bits per heavy atom. The molecule has 80 valence electrons. The third-order valence-corrected chi connectivity index (χ3v) is 4.19. The van der Waals surface area contributed by atoms with Crippen LogP contribution in [0.4, 0.5) is 0 Å². The minimum atomic E-state index is 0.626. The highest BCUT2D eigenvalue weighted by atomic mass is 14.9. The lowest BCUT2D eigenvalue weighted by Gasteiger charge is -2.21. The van der Waals surface area contributed by atoms with E-state index in [1.807, 2.05) is 12.4 Å². The topological polar surface area (TPSA) is 24.9 Å². The molecule has 2 heterocycles. The molecule has 2 heteroatoms. The smallest absolute Gasteiger partial charge is 0.0302 e. The van der Waals surface area contributed by atoms with Gasteiger partial charge in [-0.05, 0) is 55.2 Å². The Kier molecular flexibility index (Phi) is 2.24. The number of hydrogen-bond donors (Lipinski definition) is 1. The highest BCUT2D eigenvalue weighted by Crippen LogP contribution is 2.49. The Hall–Kier alpha value is -0.890. The summed E-state index contributed by atoms with van der Waals surface area (Å²) in [7, 11) is 0. The van der Waals surface area contributed by atoms with Crippen LogP contribution in [0.15, 0.2) is 24.5 Å². The second-order valence-electron chi connectivity index (χ2n) is 5.15. The van der Waals surface area contributed by atoms with Crippen molar-refractivity contribution in [3.8, 4) is 0 Å². The van der Waals surface area contributed by atoms with Crippen molar-refractivity contribution in [2.75, 3.05) is 13.1 Å². The molecule has 1 saturated carbocycles. The second-order valence-corrected chi connectivity index (χ2v) is 5.15. The molecule has 1 aromatic heterocycles. The molecule has 1 aromatic rings. The fourth-order valence-electron chi connectivity index (χ4n) is 3.29. The van der Waals surface area contributed by atoms with Crippen molar-refractivity contribution in [1.29, 1.82) is 0 Å². The van der Waals surface area contributed by atoms with E-state index in [2.05, 4.69) is 22.4 Å². The average molecular weight is 202 g/mol. The van der Waals surface area contributed by atoms with Gasteiger partial charge in [0.15, 0.2) is 0 Å². The normalized spacial score (nSPS) is 35.1. The molecule has 0 aromatic carbocycles. The first-order valence-electron chi connectivity index (χ1n) is 5.99. The van der Waals surface area contributed by atoms with Crippen molar-refractivity contribution in [3.05, 3.63) is 30.1 Å². The summed E-state index contributed by atoms with van der Waals surface area (Å²) in [6, 6.07) is 4.30. The largest absolute Gasteiger partial charge is 0.316 e. The molecule has 1 saturated heterocycles. The van der Waals surface area contributed by atoms with E-state index in [1.165, 1.54) is 44.3 Å². The zero-order valence-electron chi connectivity index (χ0n) is 9.08. The highest BCUT2D eigenvalue weighted by Gasteiger charge is 2.41. The predicted molar refractivity (Wildman–Crippen MR) is 60.7 cm³/mol. The molecular formula is C13H18N2. The molecule has 2 nitrogen and oxygen atoms in total. The molecule has 2 unspecified atom stereocenters. The number of rotatable bonds is 1. The lowest BCUT2D eigenvalue weighted by molar-refractivity contribution is 0.331. The van der Waals surface area contributed by atoms with Crippen LogP contribution < -0.4 is 5.32 Å². The maximum absolute atomic E-state index is 4.23. The zero-order valence-corrected chi connectivity index (χ0v) is 9.08. The van der Waals surface area contributed by atoms with Crippen LogP contribution in [-0.2, 0) is 0 Å². The summed E-state index contributed by atoms with van der Waals surface area (Å²) in [5.74, 6) is 0.763.